The molecule has 1 fully saturated rings. The van der Waals surface area contributed by atoms with E-state index in [9.17, 15) is 4.79 Å². The van der Waals surface area contributed by atoms with E-state index in [0.717, 1.165) is 36.5 Å². The van der Waals surface area contributed by atoms with Gasteiger partial charge in [0.1, 0.15) is 0 Å². The number of halogens is 1. The Labute approximate surface area is 139 Å². The molecular formula is C18H27ClN2O. The minimum atomic E-state index is 0.133. The quantitative estimate of drug-likeness (QED) is 0.822. The molecule has 0 spiro atoms. The molecule has 4 heteroatoms. The number of benzene rings is 1. The van der Waals surface area contributed by atoms with Gasteiger partial charge >= 0.3 is 0 Å². The van der Waals surface area contributed by atoms with E-state index in [-0.39, 0.29) is 17.9 Å². The lowest BCUT2D eigenvalue weighted by atomic mass is 10.0. The summed E-state index contributed by atoms with van der Waals surface area (Å²) in [5, 5.41) is 3.93. The van der Waals surface area contributed by atoms with Gasteiger partial charge in [0.15, 0.2) is 0 Å². The van der Waals surface area contributed by atoms with Crippen LogP contribution in [0.3, 0.4) is 0 Å². The smallest absolute Gasteiger partial charge is 0.223 e. The normalized spacial score (nSPS) is 16.9. The third kappa shape index (κ3) is 4.23. The van der Waals surface area contributed by atoms with E-state index in [0.29, 0.717) is 6.54 Å². The van der Waals surface area contributed by atoms with Crippen LogP contribution in [0.5, 0.6) is 0 Å². The Balaban J connectivity index is 2.08. The zero-order valence-electron chi connectivity index (χ0n) is 13.6. The predicted octanol–water partition coefficient (Wildman–Crippen LogP) is 4.03. The van der Waals surface area contributed by atoms with Crippen LogP contribution < -0.4 is 5.32 Å². The van der Waals surface area contributed by atoms with Gasteiger partial charge in [-0.25, -0.2) is 0 Å². The van der Waals surface area contributed by atoms with Crippen molar-refractivity contribution in [3.8, 4) is 0 Å². The molecular weight excluding hydrogens is 296 g/mol. The molecule has 1 saturated carbocycles. The van der Waals surface area contributed by atoms with Crippen LogP contribution in [0, 0.1) is 5.92 Å². The van der Waals surface area contributed by atoms with Crippen molar-refractivity contribution < 1.29 is 4.79 Å². The van der Waals surface area contributed by atoms with Crippen molar-refractivity contribution in [3.05, 3.63) is 34.9 Å². The summed E-state index contributed by atoms with van der Waals surface area (Å²) in [5.41, 5.74) is 1.10. The van der Waals surface area contributed by atoms with Crippen molar-refractivity contribution >= 4 is 17.5 Å². The number of rotatable bonds is 7. The third-order valence-corrected chi connectivity index (χ3v) is 5.06. The van der Waals surface area contributed by atoms with Gasteiger partial charge < -0.3 is 5.32 Å². The number of nitrogens with one attached hydrogen (secondary N) is 1. The van der Waals surface area contributed by atoms with Crippen molar-refractivity contribution in [2.45, 2.75) is 45.6 Å². The highest BCUT2D eigenvalue weighted by molar-refractivity contribution is 6.31. The van der Waals surface area contributed by atoms with Gasteiger partial charge in [0.2, 0.25) is 5.91 Å². The third-order valence-electron chi connectivity index (χ3n) is 4.71. The van der Waals surface area contributed by atoms with Gasteiger partial charge in [-0.1, -0.05) is 56.5 Å². The average Bonchev–Trinajstić information content (AvgIpc) is 3.06. The molecule has 22 heavy (non-hydrogen) atoms. The second-order valence-electron chi connectivity index (χ2n) is 5.99. The number of carbonyl (C=O) groups is 1. The number of likely N-dealkylation sites (N-methyl/N-ethyl adjacent to an activating group) is 1. The van der Waals surface area contributed by atoms with Crippen molar-refractivity contribution in [2.75, 3.05) is 19.6 Å². The highest BCUT2D eigenvalue weighted by atomic mass is 35.5. The summed E-state index contributed by atoms with van der Waals surface area (Å²) in [5.74, 6) is 0.422. The van der Waals surface area contributed by atoms with Crippen LogP contribution >= 0.6 is 11.6 Å². The molecule has 1 aromatic rings. The Kier molecular flexibility index (Phi) is 6.71. The predicted molar refractivity (Wildman–Crippen MR) is 92.1 cm³/mol. The molecule has 122 valence electrons. The van der Waals surface area contributed by atoms with E-state index < -0.39 is 0 Å². The van der Waals surface area contributed by atoms with Crippen molar-refractivity contribution in [2.24, 2.45) is 5.92 Å². The molecule has 1 aliphatic rings. The zero-order valence-corrected chi connectivity index (χ0v) is 14.4. The van der Waals surface area contributed by atoms with Crippen LogP contribution in [0.4, 0.5) is 0 Å². The van der Waals surface area contributed by atoms with Crippen LogP contribution in [-0.4, -0.2) is 30.4 Å². The van der Waals surface area contributed by atoms with Crippen LogP contribution in [0.15, 0.2) is 24.3 Å². The summed E-state index contributed by atoms with van der Waals surface area (Å²) in [6.45, 7) is 6.79. The monoisotopic (exact) mass is 322 g/mol. The highest BCUT2D eigenvalue weighted by Crippen LogP contribution is 2.28. The van der Waals surface area contributed by atoms with E-state index in [1.807, 2.05) is 18.2 Å². The molecule has 0 aliphatic heterocycles. The molecule has 1 atom stereocenters. The summed E-state index contributed by atoms with van der Waals surface area (Å²) in [7, 11) is 0. The molecule has 0 saturated heterocycles. The summed E-state index contributed by atoms with van der Waals surface area (Å²) in [6.07, 6.45) is 4.44. The maximum atomic E-state index is 12.3. The average molecular weight is 323 g/mol. The van der Waals surface area contributed by atoms with Crippen molar-refractivity contribution in [1.29, 1.82) is 0 Å². The van der Waals surface area contributed by atoms with Crippen LogP contribution in [0.2, 0.25) is 5.02 Å². The first kappa shape index (κ1) is 17.3. The molecule has 1 N–H and O–H groups in total. The minimum absolute atomic E-state index is 0.133. The molecule has 0 bridgehead atoms. The first-order valence-corrected chi connectivity index (χ1v) is 8.81. The maximum absolute atomic E-state index is 12.3. The van der Waals surface area contributed by atoms with E-state index in [1.165, 1.54) is 12.8 Å². The van der Waals surface area contributed by atoms with Gasteiger partial charge in [0, 0.05) is 17.5 Å². The van der Waals surface area contributed by atoms with Gasteiger partial charge in [-0.2, -0.15) is 0 Å². The second kappa shape index (κ2) is 8.54. The summed E-state index contributed by atoms with van der Waals surface area (Å²) in [6, 6.07) is 8.08. The lowest BCUT2D eigenvalue weighted by Crippen LogP contribution is -2.39. The molecule has 0 radical (unpaired) electrons. The molecule has 1 aromatic carbocycles. The molecule has 0 heterocycles. The van der Waals surface area contributed by atoms with E-state index >= 15 is 0 Å². The minimum Gasteiger partial charge on any atom is -0.354 e. The SMILES string of the molecule is CCN(CC)C(CNC(=O)C1CCCC1)c1ccccc1Cl. The second-order valence-corrected chi connectivity index (χ2v) is 6.39. The standard InChI is InChI=1S/C18H27ClN2O/c1-3-21(4-2)17(15-11-7-8-12-16(15)19)13-20-18(22)14-9-5-6-10-14/h7-8,11-12,14,17H,3-6,9-10,13H2,1-2H3,(H,20,22). The number of hydrogen-bond donors (Lipinski definition) is 1. The number of nitrogens with zero attached hydrogens (tertiary/aromatic N) is 1. The fraction of sp³-hybridized carbons (Fsp3) is 0.611. The van der Waals surface area contributed by atoms with E-state index in [4.69, 9.17) is 11.6 Å². The summed E-state index contributed by atoms with van der Waals surface area (Å²) < 4.78 is 0. The molecule has 0 aromatic heterocycles. The first-order valence-electron chi connectivity index (χ1n) is 8.43. The van der Waals surface area contributed by atoms with Crippen molar-refractivity contribution in [1.82, 2.24) is 10.2 Å². The molecule has 3 nitrogen and oxygen atoms in total. The van der Waals surface area contributed by atoms with Gasteiger partial charge in [0.25, 0.3) is 0 Å². The lowest BCUT2D eigenvalue weighted by Gasteiger charge is -2.31. The Morgan fingerprint density at radius 1 is 1.27 bits per heavy atom. The molecule has 1 aliphatic carbocycles. The van der Waals surface area contributed by atoms with E-state index in [2.05, 4.69) is 30.1 Å². The van der Waals surface area contributed by atoms with E-state index in [1.54, 1.807) is 0 Å². The topological polar surface area (TPSA) is 32.3 Å². The summed E-state index contributed by atoms with van der Waals surface area (Å²) >= 11 is 6.38. The Bertz CT molecular complexity index is 482. The van der Waals surface area contributed by atoms with Gasteiger partial charge in [-0.05, 0) is 37.6 Å². The molecule has 1 amide bonds. The number of amides is 1. The molecule has 1 unspecified atom stereocenters. The Hall–Kier alpha value is -1.06. The van der Waals surface area contributed by atoms with Gasteiger partial charge in [0.05, 0.1) is 6.04 Å². The summed E-state index contributed by atoms with van der Waals surface area (Å²) in [4.78, 5) is 14.6. The molecule has 2 rings (SSSR count). The number of hydrogen-bond acceptors (Lipinski definition) is 2. The largest absolute Gasteiger partial charge is 0.354 e. The van der Waals surface area contributed by atoms with Crippen LogP contribution in [0.25, 0.3) is 0 Å². The van der Waals surface area contributed by atoms with Crippen LogP contribution in [-0.2, 0) is 4.79 Å². The van der Waals surface area contributed by atoms with Gasteiger partial charge in [-0.15, -0.1) is 0 Å². The van der Waals surface area contributed by atoms with Crippen molar-refractivity contribution in [3.63, 3.8) is 0 Å². The maximum Gasteiger partial charge on any atom is 0.223 e. The van der Waals surface area contributed by atoms with Crippen LogP contribution in [0.1, 0.15) is 51.1 Å². The number of carbonyl (C=O) groups excluding carboxylic acids is 1. The fourth-order valence-corrected chi connectivity index (χ4v) is 3.64. The first-order chi connectivity index (χ1) is 10.7. The highest BCUT2D eigenvalue weighted by Gasteiger charge is 2.25. The Morgan fingerprint density at radius 2 is 1.91 bits per heavy atom. The fourth-order valence-electron chi connectivity index (χ4n) is 3.38. The Morgan fingerprint density at radius 3 is 2.50 bits per heavy atom. The zero-order chi connectivity index (χ0) is 15.9. The lowest BCUT2D eigenvalue weighted by molar-refractivity contribution is -0.125. The van der Waals surface area contributed by atoms with Gasteiger partial charge in [-0.3, -0.25) is 9.69 Å².